The van der Waals surface area contributed by atoms with Crippen LogP contribution in [0.4, 0.5) is 0 Å². The van der Waals surface area contributed by atoms with Gasteiger partial charge in [-0.05, 0) is 67.8 Å². The number of aliphatic imine (C=N–C) groups is 1. The lowest BCUT2D eigenvalue weighted by atomic mass is 9.82. The van der Waals surface area contributed by atoms with E-state index in [4.69, 9.17) is 9.73 Å². The predicted molar refractivity (Wildman–Crippen MR) is 85.2 cm³/mol. The molecule has 0 aliphatic carbocycles. The summed E-state index contributed by atoms with van der Waals surface area (Å²) in [5, 5.41) is 0. The predicted octanol–water partition coefficient (Wildman–Crippen LogP) is 3.85. The summed E-state index contributed by atoms with van der Waals surface area (Å²) >= 11 is 0. The molecule has 2 aromatic rings. The van der Waals surface area contributed by atoms with Gasteiger partial charge >= 0.3 is 0 Å². The fourth-order valence-electron chi connectivity index (χ4n) is 3.00. The second-order valence-corrected chi connectivity index (χ2v) is 5.98. The van der Waals surface area contributed by atoms with Crippen LogP contribution in [0.15, 0.2) is 53.8 Å². The fourth-order valence-corrected chi connectivity index (χ4v) is 3.00. The number of nitrogens with zero attached hydrogens (tertiary/aromatic N) is 2. The highest BCUT2D eigenvalue weighted by Gasteiger charge is 2.37. The lowest BCUT2D eigenvalue weighted by Gasteiger charge is -2.24. The van der Waals surface area contributed by atoms with Gasteiger partial charge in [0.2, 0.25) is 0 Å². The Morgan fingerprint density at radius 2 is 1.71 bits per heavy atom. The minimum atomic E-state index is -0.0867. The summed E-state index contributed by atoms with van der Waals surface area (Å²) in [5.41, 5.74) is 3.57. The average Bonchev–Trinajstić information content (AvgIpc) is 2.84. The van der Waals surface area contributed by atoms with Gasteiger partial charge in [-0.1, -0.05) is 0 Å². The van der Waals surface area contributed by atoms with Crippen molar-refractivity contribution in [2.75, 3.05) is 7.11 Å². The number of rotatable bonds is 3. The summed E-state index contributed by atoms with van der Waals surface area (Å²) in [6.45, 7) is 4.41. The Kier molecular flexibility index (Phi) is 3.50. The van der Waals surface area contributed by atoms with E-state index in [1.807, 2.05) is 24.5 Å². The molecule has 0 amide bonds. The van der Waals surface area contributed by atoms with Crippen molar-refractivity contribution in [3.8, 4) is 5.75 Å². The molecular weight excluding hydrogens is 260 g/mol. The SMILES string of the molecule is COc1ccc(C2=NC(C)(C)[C@@H](c3ccncc3)C2)cc1. The quantitative estimate of drug-likeness (QED) is 0.856. The molecule has 1 atom stereocenters. The molecule has 0 unspecified atom stereocenters. The molecule has 3 heteroatoms. The van der Waals surface area contributed by atoms with Gasteiger partial charge in [-0.15, -0.1) is 0 Å². The molecule has 0 saturated heterocycles. The highest BCUT2D eigenvalue weighted by molar-refractivity contribution is 6.02. The summed E-state index contributed by atoms with van der Waals surface area (Å²) in [6.07, 6.45) is 4.68. The molecule has 0 saturated carbocycles. The Balaban J connectivity index is 1.89. The molecule has 0 spiro atoms. The van der Waals surface area contributed by atoms with Gasteiger partial charge in [-0.2, -0.15) is 0 Å². The molecule has 2 heterocycles. The van der Waals surface area contributed by atoms with Crippen molar-refractivity contribution in [1.82, 2.24) is 4.98 Å². The van der Waals surface area contributed by atoms with Crippen molar-refractivity contribution in [3.05, 3.63) is 59.9 Å². The maximum atomic E-state index is 5.22. The second-order valence-electron chi connectivity index (χ2n) is 5.98. The normalized spacial score (nSPS) is 20.1. The number of aromatic nitrogens is 1. The first kappa shape index (κ1) is 13.8. The Morgan fingerprint density at radius 3 is 2.33 bits per heavy atom. The zero-order valence-electron chi connectivity index (χ0n) is 12.7. The zero-order valence-corrected chi connectivity index (χ0v) is 12.7. The lowest BCUT2D eigenvalue weighted by Crippen LogP contribution is -2.22. The summed E-state index contributed by atoms with van der Waals surface area (Å²) < 4.78 is 5.22. The van der Waals surface area contributed by atoms with Crippen molar-refractivity contribution in [2.24, 2.45) is 4.99 Å². The monoisotopic (exact) mass is 280 g/mol. The van der Waals surface area contributed by atoms with E-state index in [1.54, 1.807) is 7.11 Å². The maximum absolute atomic E-state index is 5.22. The first-order chi connectivity index (χ1) is 10.1. The highest BCUT2D eigenvalue weighted by Crippen LogP contribution is 2.40. The minimum absolute atomic E-state index is 0.0867. The molecule has 0 radical (unpaired) electrons. The van der Waals surface area contributed by atoms with Crippen molar-refractivity contribution in [1.29, 1.82) is 0 Å². The van der Waals surface area contributed by atoms with Gasteiger partial charge in [0.15, 0.2) is 0 Å². The van der Waals surface area contributed by atoms with Crippen molar-refractivity contribution in [2.45, 2.75) is 31.7 Å². The molecule has 1 aromatic carbocycles. The average molecular weight is 280 g/mol. The van der Waals surface area contributed by atoms with E-state index in [2.05, 4.69) is 43.1 Å². The van der Waals surface area contributed by atoms with E-state index in [9.17, 15) is 0 Å². The Labute approximate surface area is 125 Å². The summed E-state index contributed by atoms with van der Waals surface area (Å²) in [5.74, 6) is 1.28. The molecule has 21 heavy (non-hydrogen) atoms. The van der Waals surface area contributed by atoms with E-state index in [0.29, 0.717) is 5.92 Å². The van der Waals surface area contributed by atoms with Crippen LogP contribution < -0.4 is 4.74 Å². The van der Waals surface area contributed by atoms with Crippen LogP contribution in [0.2, 0.25) is 0 Å². The standard InChI is InChI=1S/C18H20N2O/c1-18(2)16(13-8-10-19-11-9-13)12-17(20-18)14-4-6-15(21-3)7-5-14/h4-11,16H,12H2,1-3H3/t16-/m1/s1. The first-order valence-corrected chi connectivity index (χ1v) is 7.23. The second kappa shape index (κ2) is 5.32. The molecule has 1 aliphatic rings. The van der Waals surface area contributed by atoms with Gasteiger partial charge in [0.25, 0.3) is 0 Å². The van der Waals surface area contributed by atoms with Crippen LogP contribution in [-0.4, -0.2) is 23.3 Å². The number of pyridine rings is 1. The molecular formula is C18H20N2O. The van der Waals surface area contributed by atoms with Crippen LogP contribution in [0.5, 0.6) is 5.75 Å². The van der Waals surface area contributed by atoms with Gasteiger partial charge in [0.05, 0.1) is 12.6 Å². The highest BCUT2D eigenvalue weighted by atomic mass is 16.5. The van der Waals surface area contributed by atoms with Crippen molar-refractivity contribution >= 4 is 5.71 Å². The first-order valence-electron chi connectivity index (χ1n) is 7.23. The molecule has 1 aromatic heterocycles. The number of ether oxygens (including phenoxy) is 1. The molecule has 0 bridgehead atoms. The van der Waals surface area contributed by atoms with Crippen LogP contribution in [-0.2, 0) is 0 Å². The molecule has 0 fully saturated rings. The summed E-state index contributed by atoms with van der Waals surface area (Å²) in [6, 6.07) is 12.3. The van der Waals surface area contributed by atoms with Gasteiger partial charge in [-0.25, -0.2) is 0 Å². The van der Waals surface area contributed by atoms with E-state index in [-0.39, 0.29) is 5.54 Å². The number of hydrogen-bond donors (Lipinski definition) is 0. The number of methoxy groups -OCH3 is 1. The van der Waals surface area contributed by atoms with Gasteiger partial charge in [0, 0.05) is 24.0 Å². The third kappa shape index (κ3) is 2.68. The molecule has 0 N–H and O–H groups in total. The van der Waals surface area contributed by atoms with Crippen molar-refractivity contribution < 1.29 is 4.74 Å². The topological polar surface area (TPSA) is 34.5 Å². The van der Waals surface area contributed by atoms with Crippen LogP contribution in [0.25, 0.3) is 0 Å². The third-order valence-electron chi connectivity index (χ3n) is 4.21. The smallest absolute Gasteiger partial charge is 0.118 e. The van der Waals surface area contributed by atoms with Gasteiger partial charge < -0.3 is 4.74 Å². The van der Waals surface area contributed by atoms with Crippen LogP contribution >= 0.6 is 0 Å². The fraction of sp³-hybridized carbons (Fsp3) is 0.333. The maximum Gasteiger partial charge on any atom is 0.118 e. The largest absolute Gasteiger partial charge is 0.497 e. The Morgan fingerprint density at radius 1 is 1.05 bits per heavy atom. The summed E-state index contributed by atoms with van der Waals surface area (Å²) in [7, 11) is 1.69. The minimum Gasteiger partial charge on any atom is -0.497 e. The van der Waals surface area contributed by atoms with E-state index >= 15 is 0 Å². The third-order valence-corrected chi connectivity index (χ3v) is 4.21. The number of hydrogen-bond acceptors (Lipinski definition) is 3. The molecule has 3 rings (SSSR count). The zero-order chi connectivity index (χ0) is 14.9. The van der Waals surface area contributed by atoms with E-state index in [0.717, 1.165) is 12.2 Å². The van der Waals surface area contributed by atoms with Gasteiger partial charge in [-0.3, -0.25) is 9.98 Å². The van der Waals surface area contributed by atoms with Crippen LogP contribution in [0, 0.1) is 0 Å². The van der Waals surface area contributed by atoms with E-state index < -0.39 is 0 Å². The van der Waals surface area contributed by atoms with Gasteiger partial charge in [0.1, 0.15) is 5.75 Å². The molecule has 1 aliphatic heterocycles. The Bertz CT molecular complexity index is 645. The van der Waals surface area contributed by atoms with Crippen molar-refractivity contribution in [3.63, 3.8) is 0 Å². The molecule has 3 nitrogen and oxygen atoms in total. The van der Waals surface area contributed by atoms with Crippen LogP contribution in [0.3, 0.4) is 0 Å². The molecule has 108 valence electrons. The lowest BCUT2D eigenvalue weighted by molar-refractivity contribution is 0.415. The number of benzene rings is 1. The van der Waals surface area contributed by atoms with E-state index in [1.165, 1.54) is 16.8 Å². The Hall–Kier alpha value is -2.16. The summed E-state index contributed by atoms with van der Waals surface area (Å²) in [4.78, 5) is 9.07. The van der Waals surface area contributed by atoms with Crippen LogP contribution in [0.1, 0.15) is 37.3 Å².